The van der Waals surface area contributed by atoms with Crippen molar-refractivity contribution in [2.45, 2.75) is 20.3 Å². The molecular formula is C18H27ClN4O2. The van der Waals surface area contributed by atoms with Gasteiger partial charge in [-0.3, -0.25) is 9.69 Å². The quantitative estimate of drug-likeness (QED) is 0.813. The van der Waals surface area contributed by atoms with Crippen molar-refractivity contribution >= 4 is 29.2 Å². The third kappa shape index (κ3) is 6.55. The summed E-state index contributed by atoms with van der Waals surface area (Å²) in [4.78, 5) is 28.1. The Balaban J connectivity index is 1.70. The molecule has 0 aliphatic carbocycles. The monoisotopic (exact) mass is 366 g/mol. The van der Waals surface area contributed by atoms with E-state index < -0.39 is 0 Å². The molecule has 1 aromatic carbocycles. The van der Waals surface area contributed by atoms with Gasteiger partial charge >= 0.3 is 6.03 Å². The van der Waals surface area contributed by atoms with E-state index in [0.29, 0.717) is 55.9 Å². The van der Waals surface area contributed by atoms with Crippen LogP contribution in [0.5, 0.6) is 0 Å². The zero-order chi connectivity index (χ0) is 18.2. The Morgan fingerprint density at radius 2 is 1.84 bits per heavy atom. The Bertz CT molecular complexity index is 586. The van der Waals surface area contributed by atoms with E-state index in [9.17, 15) is 9.59 Å². The normalized spacial score (nSPS) is 15.3. The number of piperazine rings is 1. The van der Waals surface area contributed by atoms with Crippen molar-refractivity contribution < 1.29 is 9.59 Å². The van der Waals surface area contributed by atoms with Crippen molar-refractivity contribution in [2.24, 2.45) is 5.92 Å². The van der Waals surface area contributed by atoms with E-state index in [0.717, 1.165) is 6.42 Å². The van der Waals surface area contributed by atoms with Crippen molar-refractivity contribution in [3.05, 3.63) is 29.3 Å². The van der Waals surface area contributed by atoms with Crippen LogP contribution in [-0.2, 0) is 4.79 Å². The lowest BCUT2D eigenvalue weighted by molar-refractivity contribution is -0.117. The lowest BCUT2D eigenvalue weighted by Crippen LogP contribution is -2.53. The Labute approximate surface area is 154 Å². The van der Waals surface area contributed by atoms with E-state index in [1.165, 1.54) is 0 Å². The van der Waals surface area contributed by atoms with Crippen molar-refractivity contribution in [1.82, 2.24) is 15.1 Å². The summed E-state index contributed by atoms with van der Waals surface area (Å²) in [6.07, 6.45) is 0.980. The van der Waals surface area contributed by atoms with Crippen LogP contribution in [0.3, 0.4) is 0 Å². The van der Waals surface area contributed by atoms with Crippen molar-refractivity contribution in [2.75, 3.05) is 44.6 Å². The molecule has 0 saturated carbocycles. The fourth-order valence-corrected chi connectivity index (χ4v) is 2.83. The van der Waals surface area contributed by atoms with Gasteiger partial charge in [0, 0.05) is 32.7 Å². The van der Waals surface area contributed by atoms with Gasteiger partial charge in [-0.1, -0.05) is 37.6 Å². The number of nitrogens with one attached hydrogen (secondary N) is 2. The highest BCUT2D eigenvalue weighted by molar-refractivity contribution is 6.33. The summed E-state index contributed by atoms with van der Waals surface area (Å²) in [6.45, 7) is 7.92. The van der Waals surface area contributed by atoms with E-state index in [-0.39, 0.29) is 11.9 Å². The molecule has 3 amide bonds. The van der Waals surface area contributed by atoms with Crippen molar-refractivity contribution in [3.63, 3.8) is 0 Å². The molecule has 1 aliphatic heterocycles. The molecule has 1 heterocycles. The molecule has 0 bridgehead atoms. The zero-order valence-corrected chi connectivity index (χ0v) is 15.7. The number of hydrogen-bond donors (Lipinski definition) is 2. The maximum Gasteiger partial charge on any atom is 0.317 e. The van der Waals surface area contributed by atoms with Gasteiger partial charge in [0.1, 0.15) is 0 Å². The summed E-state index contributed by atoms with van der Waals surface area (Å²) < 4.78 is 0. The SMILES string of the molecule is CC(C)CCNC(=O)N1CCN(CC(=O)Nc2ccccc2Cl)CC1. The number of hydrogen-bond acceptors (Lipinski definition) is 3. The maximum atomic E-state index is 12.1. The van der Waals surface area contributed by atoms with E-state index >= 15 is 0 Å². The Hall–Kier alpha value is -1.79. The molecule has 0 spiro atoms. The number of rotatable bonds is 6. The fourth-order valence-electron chi connectivity index (χ4n) is 2.64. The summed E-state index contributed by atoms with van der Waals surface area (Å²) in [5.74, 6) is 0.483. The Morgan fingerprint density at radius 1 is 1.16 bits per heavy atom. The Kier molecular flexibility index (Phi) is 7.52. The molecule has 1 fully saturated rings. The van der Waals surface area contributed by atoms with Crippen LogP contribution in [0.1, 0.15) is 20.3 Å². The first-order valence-electron chi connectivity index (χ1n) is 8.75. The van der Waals surface area contributed by atoms with E-state index in [1.54, 1.807) is 12.1 Å². The smallest absolute Gasteiger partial charge is 0.317 e. The van der Waals surface area contributed by atoms with Gasteiger partial charge in [0.15, 0.2) is 0 Å². The van der Waals surface area contributed by atoms with Crippen LogP contribution in [0.4, 0.5) is 10.5 Å². The third-order valence-electron chi connectivity index (χ3n) is 4.17. The van der Waals surface area contributed by atoms with Gasteiger partial charge < -0.3 is 15.5 Å². The highest BCUT2D eigenvalue weighted by atomic mass is 35.5. The molecule has 1 aromatic rings. The third-order valence-corrected chi connectivity index (χ3v) is 4.50. The Morgan fingerprint density at radius 3 is 2.48 bits per heavy atom. The average Bonchev–Trinajstić information content (AvgIpc) is 2.57. The van der Waals surface area contributed by atoms with Crippen LogP contribution in [0.25, 0.3) is 0 Å². The summed E-state index contributed by atoms with van der Waals surface area (Å²) in [5, 5.41) is 6.30. The minimum Gasteiger partial charge on any atom is -0.338 e. The van der Waals surface area contributed by atoms with Gasteiger partial charge in [-0.05, 0) is 24.5 Å². The highest BCUT2D eigenvalue weighted by Crippen LogP contribution is 2.20. The van der Waals surface area contributed by atoms with Gasteiger partial charge in [0.05, 0.1) is 17.3 Å². The molecular weight excluding hydrogens is 340 g/mol. The van der Waals surface area contributed by atoms with Crippen LogP contribution in [0.2, 0.25) is 5.02 Å². The second-order valence-electron chi connectivity index (χ2n) is 6.71. The lowest BCUT2D eigenvalue weighted by atomic mass is 10.1. The van der Waals surface area contributed by atoms with E-state index in [1.807, 2.05) is 21.9 Å². The fraction of sp³-hybridized carbons (Fsp3) is 0.556. The largest absolute Gasteiger partial charge is 0.338 e. The van der Waals surface area contributed by atoms with E-state index in [2.05, 4.69) is 24.5 Å². The summed E-state index contributed by atoms with van der Waals surface area (Å²) in [7, 11) is 0. The number of anilines is 1. The molecule has 0 aromatic heterocycles. The van der Waals surface area contributed by atoms with Crippen molar-refractivity contribution in [1.29, 1.82) is 0 Å². The van der Waals surface area contributed by atoms with Crippen LogP contribution in [0.15, 0.2) is 24.3 Å². The zero-order valence-electron chi connectivity index (χ0n) is 14.9. The minimum absolute atomic E-state index is 0.0131. The molecule has 0 atom stereocenters. The highest BCUT2D eigenvalue weighted by Gasteiger charge is 2.22. The standard InChI is InChI=1S/C18H27ClN4O2/c1-14(2)7-8-20-18(25)23-11-9-22(10-12-23)13-17(24)21-16-6-4-3-5-15(16)19/h3-6,14H,7-13H2,1-2H3,(H,20,25)(H,21,24). The predicted octanol–water partition coefficient (Wildman–Crippen LogP) is 2.65. The molecule has 0 unspecified atom stereocenters. The summed E-state index contributed by atoms with van der Waals surface area (Å²) in [5.41, 5.74) is 0.623. The summed E-state index contributed by atoms with van der Waals surface area (Å²) in [6, 6.07) is 7.16. The molecule has 138 valence electrons. The molecule has 25 heavy (non-hydrogen) atoms. The molecule has 1 saturated heterocycles. The first kappa shape index (κ1) is 19.5. The number of benzene rings is 1. The van der Waals surface area contributed by atoms with Gasteiger partial charge in [-0.15, -0.1) is 0 Å². The number of carbonyl (C=O) groups is 2. The molecule has 0 radical (unpaired) electrons. The number of para-hydroxylation sites is 1. The lowest BCUT2D eigenvalue weighted by Gasteiger charge is -2.34. The van der Waals surface area contributed by atoms with Gasteiger partial charge in [-0.25, -0.2) is 4.79 Å². The van der Waals surface area contributed by atoms with Crippen LogP contribution < -0.4 is 10.6 Å². The first-order chi connectivity index (χ1) is 12.0. The van der Waals surface area contributed by atoms with Crippen LogP contribution >= 0.6 is 11.6 Å². The topological polar surface area (TPSA) is 64.7 Å². The maximum absolute atomic E-state index is 12.1. The molecule has 2 rings (SSSR count). The van der Waals surface area contributed by atoms with Gasteiger partial charge in [0.25, 0.3) is 0 Å². The van der Waals surface area contributed by atoms with Gasteiger partial charge in [-0.2, -0.15) is 0 Å². The number of carbonyl (C=O) groups excluding carboxylic acids is 2. The molecule has 6 nitrogen and oxygen atoms in total. The average molecular weight is 367 g/mol. The minimum atomic E-state index is -0.0945. The number of urea groups is 1. The van der Waals surface area contributed by atoms with E-state index in [4.69, 9.17) is 11.6 Å². The summed E-state index contributed by atoms with van der Waals surface area (Å²) >= 11 is 6.05. The van der Waals surface area contributed by atoms with Gasteiger partial charge in [0.2, 0.25) is 5.91 Å². The number of amides is 3. The molecule has 2 N–H and O–H groups in total. The molecule has 1 aliphatic rings. The second-order valence-corrected chi connectivity index (χ2v) is 7.11. The number of nitrogens with zero attached hydrogens (tertiary/aromatic N) is 2. The second kappa shape index (κ2) is 9.63. The van der Waals surface area contributed by atoms with Crippen LogP contribution in [0, 0.1) is 5.92 Å². The predicted molar refractivity (Wildman–Crippen MR) is 101 cm³/mol. The number of halogens is 1. The van der Waals surface area contributed by atoms with Crippen molar-refractivity contribution in [3.8, 4) is 0 Å². The molecule has 7 heteroatoms. The van der Waals surface area contributed by atoms with Crippen LogP contribution in [-0.4, -0.2) is 61.0 Å². The first-order valence-corrected chi connectivity index (χ1v) is 9.13.